The van der Waals surface area contributed by atoms with Crippen molar-refractivity contribution in [2.24, 2.45) is 0 Å². The van der Waals surface area contributed by atoms with Crippen LogP contribution < -0.4 is 11.1 Å². The van der Waals surface area contributed by atoms with Crippen molar-refractivity contribution < 1.29 is 4.79 Å². The summed E-state index contributed by atoms with van der Waals surface area (Å²) < 4.78 is 0. The highest BCUT2D eigenvalue weighted by Crippen LogP contribution is 2.14. The van der Waals surface area contributed by atoms with E-state index in [0.717, 1.165) is 0 Å². The van der Waals surface area contributed by atoms with Crippen LogP contribution >= 0.6 is 0 Å². The molecule has 13 nitrogen and oxygen atoms in total. The lowest BCUT2D eigenvalue weighted by molar-refractivity contribution is 0.102. The predicted octanol–water partition coefficient (Wildman–Crippen LogP) is 0.330. The zero-order chi connectivity index (χ0) is 19.3. The average molecular weight is 376 g/mol. The average Bonchev–Trinajstić information content (AvgIpc) is 3.40. The van der Waals surface area contributed by atoms with Crippen LogP contribution in [0.3, 0.4) is 0 Å². The molecule has 0 aliphatic heterocycles. The number of amides is 1. The summed E-state index contributed by atoms with van der Waals surface area (Å²) in [6, 6.07) is 8.87. The Morgan fingerprint density at radius 3 is 2.18 bits per heavy atom. The van der Waals surface area contributed by atoms with Crippen molar-refractivity contribution in [3.8, 4) is 0 Å². The van der Waals surface area contributed by atoms with Crippen molar-refractivity contribution in [2.75, 3.05) is 11.1 Å². The molecule has 13 heteroatoms. The van der Waals surface area contributed by atoms with E-state index in [9.17, 15) is 4.79 Å². The molecular formula is C15H12N12O. The number of anilines is 2. The van der Waals surface area contributed by atoms with Crippen molar-refractivity contribution in [1.82, 2.24) is 50.8 Å². The first-order chi connectivity index (χ1) is 13.7. The maximum Gasteiger partial charge on any atom is 0.256 e. The van der Waals surface area contributed by atoms with Gasteiger partial charge in [0.25, 0.3) is 5.91 Å². The number of aromatic nitrogens is 10. The third kappa shape index (κ3) is 3.39. The number of nitrogens with two attached hydrogens (primary N) is 1. The number of rotatable bonds is 2. The Labute approximate surface area is 155 Å². The molecule has 0 spiro atoms. The largest absolute Gasteiger partial charge is 0.382 e. The molecule has 1 amide bonds. The van der Waals surface area contributed by atoms with Crippen molar-refractivity contribution in [2.45, 2.75) is 0 Å². The van der Waals surface area contributed by atoms with Gasteiger partial charge in [0.2, 0.25) is 11.3 Å². The van der Waals surface area contributed by atoms with Crippen LogP contribution in [0.15, 0.2) is 43.0 Å². The lowest BCUT2D eigenvalue weighted by Gasteiger charge is -2.03. The highest BCUT2D eigenvalue weighted by molar-refractivity contribution is 6.06. The summed E-state index contributed by atoms with van der Waals surface area (Å²) in [4.78, 5) is 27.4. The van der Waals surface area contributed by atoms with E-state index in [1.807, 2.05) is 6.07 Å². The summed E-state index contributed by atoms with van der Waals surface area (Å²) >= 11 is 0. The number of carbonyl (C=O) groups excluding carboxylic acids is 1. The molecule has 138 valence electrons. The van der Waals surface area contributed by atoms with Gasteiger partial charge in [-0.25, -0.2) is 19.9 Å². The number of nitrogen functional groups attached to an aromatic ring is 1. The first-order valence-electron chi connectivity index (χ1n) is 7.87. The van der Waals surface area contributed by atoms with Crippen LogP contribution in [0, 0.1) is 0 Å². The molecule has 5 N–H and O–H groups in total. The molecular weight excluding hydrogens is 364 g/mol. The Morgan fingerprint density at radius 2 is 1.46 bits per heavy atom. The monoisotopic (exact) mass is 376 g/mol. The molecule has 5 rings (SSSR count). The molecule has 0 radical (unpaired) electrons. The summed E-state index contributed by atoms with van der Waals surface area (Å²) in [5.74, 6) is 0.431. The quantitative estimate of drug-likeness (QED) is 0.334. The predicted molar refractivity (Wildman–Crippen MR) is 97.8 cm³/mol. The summed E-state index contributed by atoms with van der Waals surface area (Å²) in [5, 5.41) is 22.7. The first kappa shape index (κ1) is 16.9. The molecule has 5 aromatic rings. The molecule has 0 atom stereocenters. The number of fused-ring (bicyclic) bond motifs is 2. The van der Waals surface area contributed by atoms with E-state index < -0.39 is 0 Å². The maximum absolute atomic E-state index is 11.9. The van der Waals surface area contributed by atoms with E-state index in [1.165, 1.54) is 12.7 Å². The van der Waals surface area contributed by atoms with Crippen LogP contribution in [0.4, 0.5) is 11.6 Å². The van der Waals surface area contributed by atoms with Gasteiger partial charge in [0.1, 0.15) is 12.7 Å². The molecule has 1 aromatic carbocycles. The van der Waals surface area contributed by atoms with Crippen LogP contribution in [-0.2, 0) is 0 Å². The fraction of sp³-hybridized carbons (Fsp3) is 0. The SMILES string of the molecule is Nc1ncnc2n[nH]nc12.O=C(Nc1ncnc2n[nH]nc12)c1ccccc1. The van der Waals surface area contributed by atoms with Gasteiger partial charge >= 0.3 is 0 Å². The second-order valence-corrected chi connectivity index (χ2v) is 5.29. The van der Waals surface area contributed by atoms with Gasteiger partial charge in [0.15, 0.2) is 22.7 Å². The summed E-state index contributed by atoms with van der Waals surface area (Å²) in [6.45, 7) is 0. The lowest BCUT2D eigenvalue weighted by Crippen LogP contribution is -2.13. The Hall–Kier alpha value is -4.55. The molecule has 4 heterocycles. The zero-order valence-corrected chi connectivity index (χ0v) is 14.1. The van der Waals surface area contributed by atoms with Gasteiger partial charge in [0.05, 0.1) is 0 Å². The molecule has 0 bridgehead atoms. The van der Waals surface area contributed by atoms with Gasteiger partial charge in [-0.15, -0.1) is 10.2 Å². The van der Waals surface area contributed by atoms with Gasteiger partial charge in [-0.3, -0.25) is 4.79 Å². The van der Waals surface area contributed by atoms with E-state index in [-0.39, 0.29) is 5.91 Å². The summed E-state index contributed by atoms with van der Waals surface area (Å²) in [6.07, 6.45) is 2.67. The molecule has 28 heavy (non-hydrogen) atoms. The van der Waals surface area contributed by atoms with Gasteiger partial charge in [-0.2, -0.15) is 20.6 Å². The van der Waals surface area contributed by atoms with E-state index in [0.29, 0.717) is 39.5 Å². The van der Waals surface area contributed by atoms with Crippen LogP contribution in [0.2, 0.25) is 0 Å². The molecule has 4 aromatic heterocycles. The second-order valence-electron chi connectivity index (χ2n) is 5.29. The lowest BCUT2D eigenvalue weighted by atomic mass is 10.2. The molecule has 0 aliphatic carbocycles. The Bertz CT molecular complexity index is 1230. The minimum absolute atomic E-state index is 0.251. The van der Waals surface area contributed by atoms with Crippen molar-refractivity contribution in [1.29, 1.82) is 0 Å². The number of nitrogens with one attached hydrogen (secondary N) is 3. The number of carbonyl (C=O) groups is 1. The van der Waals surface area contributed by atoms with Crippen LogP contribution in [0.1, 0.15) is 10.4 Å². The third-order valence-electron chi connectivity index (χ3n) is 3.54. The molecule has 0 fully saturated rings. The molecule has 0 unspecified atom stereocenters. The van der Waals surface area contributed by atoms with E-state index >= 15 is 0 Å². The number of hydrogen-bond donors (Lipinski definition) is 4. The topological polar surface area (TPSA) is 190 Å². The van der Waals surface area contributed by atoms with Crippen molar-refractivity contribution >= 4 is 39.9 Å². The summed E-state index contributed by atoms with van der Waals surface area (Å²) in [7, 11) is 0. The third-order valence-corrected chi connectivity index (χ3v) is 3.54. The zero-order valence-electron chi connectivity index (χ0n) is 14.1. The smallest absolute Gasteiger partial charge is 0.256 e. The number of benzene rings is 1. The Morgan fingerprint density at radius 1 is 0.821 bits per heavy atom. The van der Waals surface area contributed by atoms with Gasteiger partial charge in [-0.05, 0) is 12.1 Å². The van der Waals surface area contributed by atoms with E-state index in [2.05, 4.69) is 56.1 Å². The van der Waals surface area contributed by atoms with E-state index in [4.69, 9.17) is 5.73 Å². The highest BCUT2D eigenvalue weighted by Gasteiger charge is 2.11. The Balaban J connectivity index is 0.000000162. The van der Waals surface area contributed by atoms with Crippen molar-refractivity contribution in [3.05, 3.63) is 48.5 Å². The number of aromatic amines is 2. The summed E-state index contributed by atoms with van der Waals surface area (Å²) in [5.41, 5.74) is 7.83. The maximum atomic E-state index is 11.9. The first-order valence-corrected chi connectivity index (χ1v) is 7.87. The number of hydrogen-bond acceptors (Lipinski definition) is 10. The Kier molecular flexibility index (Phi) is 4.44. The van der Waals surface area contributed by atoms with E-state index in [1.54, 1.807) is 24.3 Å². The van der Waals surface area contributed by atoms with Crippen LogP contribution in [0.25, 0.3) is 22.3 Å². The normalized spacial score (nSPS) is 10.4. The standard InChI is InChI=1S/C11H8N6O.C4H4N6/c18-11(7-4-2-1-3-5-7)14-9-8-10(13-6-12-9)16-17-15-8;5-3-2-4(7-1-6-3)9-10-8-2/h1-6H,(H2,12,13,14,15,16,17,18);1H,(H3,5,6,7,8,9,10). The number of nitrogens with zero attached hydrogens (tertiary/aromatic N) is 8. The van der Waals surface area contributed by atoms with Gasteiger partial charge in [0, 0.05) is 5.56 Å². The van der Waals surface area contributed by atoms with Crippen molar-refractivity contribution in [3.63, 3.8) is 0 Å². The van der Waals surface area contributed by atoms with Crippen LogP contribution in [0.5, 0.6) is 0 Å². The van der Waals surface area contributed by atoms with Gasteiger partial charge < -0.3 is 11.1 Å². The minimum atomic E-state index is -0.251. The minimum Gasteiger partial charge on any atom is -0.382 e. The molecule has 0 saturated heterocycles. The second kappa shape index (κ2) is 7.36. The molecule has 0 aliphatic rings. The number of H-pyrrole nitrogens is 2. The van der Waals surface area contributed by atoms with Crippen LogP contribution in [-0.4, -0.2) is 56.7 Å². The fourth-order valence-corrected chi connectivity index (χ4v) is 2.23. The van der Waals surface area contributed by atoms with Gasteiger partial charge in [-0.1, -0.05) is 18.2 Å². The fourth-order valence-electron chi connectivity index (χ4n) is 2.23. The molecule has 0 saturated carbocycles. The highest BCUT2D eigenvalue weighted by atomic mass is 16.1.